The van der Waals surface area contributed by atoms with Gasteiger partial charge in [0, 0.05) is 18.3 Å². The molecular weight excluding hydrogens is 234 g/mol. The van der Waals surface area contributed by atoms with Crippen molar-refractivity contribution in [1.29, 1.82) is 0 Å². The number of hydrogen-bond acceptors (Lipinski definition) is 5. The fraction of sp³-hybridized carbons (Fsp3) is 0. The number of pyridine rings is 1. The van der Waals surface area contributed by atoms with Gasteiger partial charge in [-0.1, -0.05) is 6.07 Å². The highest BCUT2D eigenvalue weighted by Crippen LogP contribution is 2.30. The van der Waals surface area contributed by atoms with E-state index in [0.29, 0.717) is 5.69 Å². The van der Waals surface area contributed by atoms with Crippen LogP contribution in [0.3, 0.4) is 0 Å². The fourth-order valence-electron chi connectivity index (χ4n) is 1.32. The van der Waals surface area contributed by atoms with Crippen LogP contribution < -0.4 is 0 Å². The first-order valence-corrected chi connectivity index (χ1v) is 5.09. The highest BCUT2D eigenvalue weighted by Gasteiger charge is 2.08. The van der Waals surface area contributed by atoms with Crippen LogP contribution in [0.25, 0.3) is 0 Å². The average Bonchev–Trinajstić information content (AvgIpc) is 2.38. The third-order valence-corrected chi connectivity index (χ3v) is 2.19. The zero-order valence-corrected chi connectivity index (χ0v) is 9.22. The van der Waals surface area contributed by atoms with Gasteiger partial charge in [-0.2, -0.15) is 0 Å². The van der Waals surface area contributed by atoms with Gasteiger partial charge in [-0.3, -0.25) is 20.1 Å². The number of hydrogen-bond donors (Lipinski definition) is 1. The molecule has 90 valence electrons. The van der Waals surface area contributed by atoms with Gasteiger partial charge in [0.2, 0.25) is 0 Å². The summed E-state index contributed by atoms with van der Waals surface area (Å²) in [5, 5.41) is 20.1. The first kappa shape index (κ1) is 11.7. The lowest BCUT2D eigenvalue weighted by molar-refractivity contribution is -0.384. The van der Waals surface area contributed by atoms with E-state index in [1.165, 1.54) is 24.4 Å². The average molecular weight is 243 g/mol. The molecule has 0 saturated carbocycles. The van der Waals surface area contributed by atoms with E-state index < -0.39 is 4.92 Å². The van der Waals surface area contributed by atoms with Gasteiger partial charge in [0.1, 0.15) is 11.4 Å². The van der Waals surface area contributed by atoms with E-state index in [1.54, 1.807) is 24.4 Å². The molecule has 0 saturated heterocycles. The lowest BCUT2D eigenvalue weighted by Crippen LogP contribution is -1.87. The van der Waals surface area contributed by atoms with Crippen molar-refractivity contribution < 1.29 is 10.0 Å². The van der Waals surface area contributed by atoms with Gasteiger partial charge in [0.05, 0.1) is 16.8 Å². The second kappa shape index (κ2) is 5.05. The van der Waals surface area contributed by atoms with E-state index in [2.05, 4.69) is 9.98 Å². The van der Waals surface area contributed by atoms with Crippen molar-refractivity contribution in [2.45, 2.75) is 0 Å². The molecule has 2 rings (SSSR count). The summed E-state index contributed by atoms with van der Waals surface area (Å²) in [5.41, 5.74) is 0.610. The van der Waals surface area contributed by atoms with Gasteiger partial charge in [-0.15, -0.1) is 0 Å². The van der Waals surface area contributed by atoms with Crippen molar-refractivity contribution in [3.8, 4) is 5.75 Å². The summed E-state index contributed by atoms with van der Waals surface area (Å²) in [6.45, 7) is 0. The zero-order valence-electron chi connectivity index (χ0n) is 9.22. The number of benzene rings is 1. The second-order valence-corrected chi connectivity index (χ2v) is 3.44. The van der Waals surface area contributed by atoms with Crippen LogP contribution in [-0.4, -0.2) is 21.2 Å². The van der Waals surface area contributed by atoms with E-state index in [0.717, 1.165) is 0 Å². The van der Waals surface area contributed by atoms with E-state index in [4.69, 9.17) is 0 Å². The number of aromatic hydroxyl groups is 1. The largest absolute Gasteiger partial charge is 0.506 e. The standard InChI is InChI=1S/C12H9N3O3/c16-12-5-4-10(15(17)18)7-11(12)14-8-9-3-1-2-6-13-9/h1-8,16H/b14-8+. The highest BCUT2D eigenvalue weighted by molar-refractivity contribution is 5.80. The molecule has 1 N–H and O–H groups in total. The Morgan fingerprint density at radius 2 is 2.17 bits per heavy atom. The lowest BCUT2D eigenvalue weighted by Gasteiger charge is -1.98. The van der Waals surface area contributed by atoms with Gasteiger partial charge in [-0.05, 0) is 18.2 Å². The molecule has 0 bridgehead atoms. The van der Waals surface area contributed by atoms with Crippen LogP contribution in [0.15, 0.2) is 47.6 Å². The van der Waals surface area contributed by atoms with Crippen LogP contribution in [0.2, 0.25) is 0 Å². The maximum absolute atomic E-state index is 10.6. The van der Waals surface area contributed by atoms with E-state index >= 15 is 0 Å². The molecule has 0 aliphatic heterocycles. The first-order valence-electron chi connectivity index (χ1n) is 5.09. The van der Waals surface area contributed by atoms with E-state index in [-0.39, 0.29) is 17.1 Å². The number of phenolic OH excluding ortho intramolecular Hbond substituents is 1. The predicted octanol–water partition coefficient (Wildman–Crippen LogP) is 2.45. The van der Waals surface area contributed by atoms with Crippen LogP contribution in [0, 0.1) is 10.1 Å². The SMILES string of the molecule is O=[N+]([O-])c1ccc(O)c(/N=C/c2ccccn2)c1. The number of nitrogens with zero attached hydrogens (tertiary/aromatic N) is 3. The molecule has 1 heterocycles. The summed E-state index contributed by atoms with van der Waals surface area (Å²) >= 11 is 0. The van der Waals surface area contributed by atoms with E-state index in [9.17, 15) is 15.2 Å². The van der Waals surface area contributed by atoms with Crippen molar-refractivity contribution in [2.24, 2.45) is 4.99 Å². The monoisotopic (exact) mass is 243 g/mol. The molecule has 0 amide bonds. The molecule has 6 heteroatoms. The normalized spacial score (nSPS) is 10.7. The molecule has 0 radical (unpaired) electrons. The first-order chi connectivity index (χ1) is 8.66. The Balaban J connectivity index is 2.31. The Bertz CT molecular complexity index is 597. The molecule has 0 spiro atoms. The second-order valence-electron chi connectivity index (χ2n) is 3.44. The van der Waals surface area contributed by atoms with Crippen molar-refractivity contribution in [3.63, 3.8) is 0 Å². The molecule has 0 unspecified atom stereocenters. The molecule has 18 heavy (non-hydrogen) atoms. The van der Waals surface area contributed by atoms with Gasteiger partial charge in [-0.25, -0.2) is 0 Å². The van der Waals surface area contributed by atoms with Crippen LogP contribution >= 0.6 is 0 Å². The molecule has 6 nitrogen and oxygen atoms in total. The molecule has 2 aromatic rings. The Kier molecular flexibility index (Phi) is 3.29. The van der Waals surface area contributed by atoms with Gasteiger partial charge in [0.25, 0.3) is 5.69 Å². The number of non-ortho nitro benzene ring substituents is 1. The van der Waals surface area contributed by atoms with Crippen molar-refractivity contribution in [3.05, 3.63) is 58.4 Å². The third kappa shape index (κ3) is 2.67. The summed E-state index contributed by atoms with van der Waals surface area (Å²) in [6.07, 6.45) is 3.04. The van der Waals surface area contributed by atoms with Crippen LogP contribution in [0.1, 0.15) is 5.69 Å². The molecule has 1 aromatic heterocycles. The van der Waals surface area contributed by atoms with E-state index in [1.807, 2.05) is 0 Å². The Hall–Kier alpha value is -2.76. The summed E-state index contributed by atoms with van der Waals surface area (Å²) in [5.74, 6) is -0.118. The van der Waals surface area contributed by atoms with Gasteiger partial charge < -0.3 is 5.11 Å². The van der Waals surface area contributed by atoms with Crippen molar-refractivity contribution in [1.82, 2.24) is 4.98 Å². The topological polar surface area (TPSA) is 88.6 Å². The zero-order chi connectivity index (χ0) is 13.0. The maximum Gasteiger partial charge on any atom is 0.271 e. The minimum Gasteiger partial charge on any atom is -0.506 e. The molecule has 0 fully saturated rings. The Morgan fingerprint density at radius 3 is 2.83 bits per heavy atom. The lowest BCUT2D eigenvalue weighted by atomic mass is 10.2. The minimum atomic E-state index is -0.542. The number of phenols is 1. The number of nitro groups is 1. The number of rotatable bonds is 3. The summed E-state index contributed by atoms with van der Waals surface area (Å²) in [4.78, 5) is 18.0. The molecular formula is C12H9N3O3. The van der Waals surface area contributed by atoms with Crippen molar-refractivity contribution >= 4 is 17.6 Å². The van der Waals surface area contributed by atoms with Crippen molar-refractivity contribution in [2.75, 3.05) is 0 Å². The van der Waals surface area contributed by atoms with Crippen LogP contribution in [0.4, 0.5) is 11.4 Å². The Labute approximate surface area is 102 Å². The van der Waals surface area contributed by atoms with Crippen LogP contribution in [-0.2, 0) is 0 Å². The predicted molar refractivity (Wildman–Crippen MR) is 66.3 cm³/mol. The number of nitro benzene ring substituents is 1. The number of aromatic nitrogens is 1. The molecule has 0 atom stereocenters. The Morgan fingerprint density at radius 1 is 1.33 bits per heavy atom. The molecule has 1 aromatic carbocycles. The number of aliphatic imine (C=N–C) groups is 1. The summed E-state index contributed by atoms with van der Waals surface area (Å²) in [6, 6.07) is 8.95. The van der Waals surface area contributed by atoms with Gasteiger partial charge >= 0.3 is 0 Å². The maximum atomic E-state index is 10.6. The fourth-order valence-corrected chi connectivity index (χ4v) is 1.32. The smallest absolute Gasteiger partial charge is 0.271 e. The van der Waals surface area contributed by atoms with Gasteiger partial charge in [0.15, 0.2) is 0 Å². The summed E-state index contributed by atoms with van der Waals surface area (Å²) < 4.78 is 0. The third-order valence-electron chi connectivity index (χ3n) is 2.19. The minimum absolute atomic E-state index is 0.118. The van der Waals surface area contributed by atoms with Crippen LogP contribution in [0.5, 0.6) is 5.75 Å². The quantitative estimate of drug-likeness (QED) is 0.509. The molecule has 0 aliphatic carbocycles. The molecule has 0 aliphatic rings. The highest BCUT2D eigenvalue weighted by atomic mass is 16.6. The summed E-state index contributed by atoms with van der Waals surface area (Å²) in [7, 11) is 0.